The fourth-order valence-electron chi connectivity index (χ4n) is 3.39. The van der Waals surface area contributed by atoms with Gasteiger partial charge in [-0.05, 0) is 32.9 Å². The smallest absolute Gasteiger partial charge is 0.0996 e. The van der Waals surface area contributed by atoms with Gasteiger partial charge in [-0.2, -0.15) is 5.10 Å². The highest BCUT2D eigenvalue weighted by Gasteiger charge is 2.20. The zero-order chi connectivity index (χ0) is 18.1. The summed E-state index contributed by atoms with van der Waals surface area (Å²) >= 11 is 0. The maximum absolute atomic E-state index is 5.35. The van der Waals surface area contributed by atoms with Crippen molar-refractivity contribution >= 4 is 0 Å². The van der Waals surface area contributed by atoms with Gasteiger partial charge in [-0.15, -0.1) is 0 Å². The highest BCUT2D eigenvalue weighted by atomic mass is 16.3. The summed E-state index contributed by atoms with van der Waals surface area (Å²) in [5, 5.41) is 4.60. The molecule has 132 valence electrons. The third-order valence-corrected chi connectivity index (χ3v) is 4.65. The van der Waals surface area contributed by atoms with Crippen molar-refractivity contribution in [1.29, 1.82) is 0 Å². The number of aryl methyl sites for hydroxylation is 2. The van der Waals surface area contributed by atoms with Crippen molar-refractivity contribution in [3.05, 3.63) is 72.7 Å². The van der Waals surface area contributed by atoms with Gasteiger partial charge in [-0.1, -0.05) is 30.3 Å². The summed E-state index contributed by atoms with van der Waals surface area (Å²) in [6, 6.07) is 14.5. The predicted octanol–water partition coefficient (Wildman–Crippen LogP) is 4.88. The molecule has 26 heavy (non-hydrogen) atoms. The first-order chi connectivity index (χ1) is 12.6. The minimum atomic E-state index is 0.197. The molecule has 3 aromatic heterocycles. The van der Waals surface area contributed by atoms with E-state index in [0.29, 0.717) is 0 Å². The van der Waals surface area contributed by atoms with Crippen LogP contribution in [0.1, 0.15) is 24.4 Å². The molecular weight excluding hydrogens is 324 g/mol. The van der Waals surface area contributed by atoms with Crippen LogP contribution < -0.4 is 0 Å². The van der Waals surface area contributed by atoms with Crippen LogP contribution in [0, 0.1) is 13.8 Å². The Hall–Kier alpha value is -3.08. The van der Waals surface area contributed by atoms with E-state index in [-0.39, 0.29) is 6.04 Å². The molecular formula is C21H22N4O. The van der Waals surface area contributed by atoms with Gasteiger partial charge in [0.1, 0.15) is 0 Å². The lowest BCUT2D eigenvalue weighted by Crippen LogP contribution is -2.15. The van der Waals surface area contributed by atoms with E-state index < -0.39 is 0 Å². The lowest BCUT2D eigenvalue weighted by molar-refractivity contribution is 0.432. The molecule has 0 amide bonds. The number of rotatable bonds is 5. The SMILES string of the molecule is Cc1cc(C)n(C[C@@H](C)n2cnc(-c3ccccc3)c2-c2ccoc2)n1. The van der Waals surface area contributed by atoms with Crippen LogP contribution in [0.25, 0.3) is 22.5 Å². The van der Waals surface area contributed by atoms with Crippen LogP contribution in [0.15, 0.2) is 65.7 Å². The van der Waals surface area contributed by atoms with Gasteiger partial charge in [0.05, 0.1) is 48.5 Å². The molecule has 0 aliphatic rings. The molecule has 3 heterocycles. The summed E-state index contributed by atoms with van der Waals surface area (Å²) in [5.74, 6) is 0. The fourth-order valence-corrected chi connectivity index (χ4v) is 3.39. The summed E-state index contributed by atoms with van der Waals surface area (Å²) < 4.78 is 9.61. The number of nitrogens with zero attached hydrogens (tertiary/aromatic N) is 4. The summed E-state index contributed by atoms with van der Waals surface area (Å²) in [7, 11) is 0. The molecule has 0 fully saturated rings. The molecule has 0 bridgehead atoms. The van der Waals surface area contributed by atoms with E-state index in [1.807, 2.05) is 37.5 Å². The average Bonchev–Trinajstić information content (AvgIpc) is 3.35. The number of hydrogen-bond acceptors (Lipinski definition) is 3. The van der Waals surface area contributed by atoms with Crippen LogP contribution in [0.4, 0.5) is 0 Å². The van der Waals surface area contributed by atoms with Crippen LogP contribution in [0.3, 0.4) is 0 Å². The Balaban J connectivity index is 1.76. The van der Waals surface area contributed by atoms with Gasteiger partial charge >= 0.3 is 0 Å². The second-order valence-electron chi connectivity index (χ2n) is 6.69. The summed E-state index contributed by atoms with van der Waals surface area (Å²) in [4.78, 5) is 4.72. The Bertz CT molecular complexity index is 996. The van der Waals surface area contributed by atoms with Crippen LogP contribution in [0.5, 0.6) is 0 Å². The Labute approximate surface area is 152 Å². The highest BCUT2D eigenvalue weighted by molar-refractivity contribution is 5.78. The molecule has 5 heteroatoms. The third-order valence-electron chi connectivity index (χ3n) is 4.65. The highest BCUT2D eigenvalue weighted by Crippen LogP contribution is 2.33. The van der Waals surface area contributed by atoms with E-state index >= 15 is 0 Å². The summed E-state index contributed by atoms with van der Waals surface area (Å²) in [6.45, 7) is 7.09. The first-order valence-corrected chi connectivity index (χ1v) is 8.79. The van der Waals surface area contributed by atoms with Crippen molar-refractivity contribution in [2.75, 3.05) is 0 Å². The third kappa shape index (κ3) is 2.96. The Morgan fingerprint density at radius 1 is 1.08 bits per heavy atom. The van der Waals surface area contributed by atoms with Crippen molar-refractivity contribution in [2.45, 2.75) is 33.4 Å². The van der Waals surface area contributed by atoms with Crippen molar-refractivity contribution in [2.24, 2.45) is 0 Å². The van der Waals surface area contributed by atoms with E-state index in [1.165, 1.54) is 5.69 Å². The molecule has 0 saturated carbocycles. The molecule has 0 radical (unpaired) electrons. The second-order valence-corrected chi connectivity index (χ2v) is 6.69. The maximum atomic E-state index is 5.35. The predicted molar refractivity (Wildman–Crippen MR) is 102 cm³/mol. The zero-order valence-electron chi connectivity index (χ0n) is 15.3. The number of furan rings is 1. The normalized spacial score (nSPS) is 12.4. The Morgan fingerprint density at radius 3 is 2.54 bits per heavy atom. The van der Waals surface area contributed by atoms with Gasteiger partial charge in [0.15, 0.2) is 0 Å². The molecule has 1 aromatic carbocycles. The van der Waals surface area contributed by atoms with E-state index in [2.05, 4.69) is 46.4 Å². The molecule has 0 aliphatic heterocycles. The van der Waals surface area contributed by atoms with Crippen molar-refractivity contribution < 1.29 is 4.42 Å². The lowest BCUT2D eigenvalue weighted by Gasteiger charge is -2.18. The van der Waals surface area contributed by atoms with Gasteiger partial charge in [0.25, 0.3) is 0 Å². The van der Waals surface area contributed by atoms with Gasteiger partial charge < -0.3 is 8.98 Å². The number of hydrogen-bond donors (Lipinski definition) is 0. The quantitative estimate of drug-likeness (QED) is 0.517. The second kappa shape index (κ2) is 6.67. The Kier molecular flexibility index (Phi) is 4.21. The molecule has 0 aliphatic carbocycles. The number of imidazole rings is 1. The van der Waals surface area contributed by atoms with Crippen LogP contribution in [-0.4, -0.2) is 19.3 Å². The van der Waals surface area contributed by atoms with Crippen LogP contribution in [-0.2, 0) is 6.54 Å². The first kappa shape index (κ1) is 16.4. The molecule has 0 spiro atoms. The average molecular weight is 346 g/mol. The van der Waals surface area contributed by atoms with Crippen molar-refractivity contribution in [3.63, 3.8) is 0 Å². The molecule has 4 rings (SSSR count). The molecule has 5 nitrogen and oxygen atoms in total. The summed E-state index contributed by atoms with van der Waals surface area (Å²) in [5.41, 5.74) is 6.37. The van der Waals surface area contributed by atoms with Gasteiger partial charge in [0, 0.05) is 16.8 Å². The van der Waals surface area contributed by atoms with Gasteiger partial charge in [-0.3, -0.25) is 4.68 Å². The van der Waals surface area contributed by atoms with Crippen molar-refractivity contribution in [3.8, 4) is 22.5 Å². The first-order valence-electron chi connectivity index (χ1n) is 8.79. The molecule has 0 N–H and O–H groups in total. The van der Waals surface area contributed by atoms with Gasteiger partial charge in [-0.25, -0.2) is 4.98 Å². The monoisotopic (exact) mass is 346 g/mol. The van der Waals surface area contributed by atoms with E-state index in [4.69, 9.17) is 9.40 Å². The topological polar surface area (TPSA) is 48.8 Å². The van der Waals surface area contributed by atoms with E-state index in [1.54, 1.807) is 12.5 Å². The van der Waals surface area contributed by atoms with E-state index in [0.717, 1.165) is 34.8 Å². The van der Waals surface area contributed by atoms with Crippen LogP contribution in [0.2, 0.25) is 0 Å². The van der Waals surface area contributed by atoms with Crippen LogP contribution >= 0.6 is 0 Å². The zero-order valence-corrected chi connectivity index (χ0v) is 15.3. The molecule has 0 unspecified atom stereocenters. The molecule has 4 aromatic rings. The maximum Gasteiger partial charge on any atom is 0.0996 e. The number of benzene rings is 1. The largest absolute Gasteiger partial charge is 0.472 e. The molecule has 0 saturated heterocycles. The fraction of sp³-hybridized carbons (Fsp3) is 0.238. The lowest BCUT2D eigenvalue weighted by atomic mass is 10.1. The molecule has 1 atom stereocenters. The minimum Gasteiger partial charge on any atom is -0.472 e. The minimum absolute atomic E-state index is 0.197. The van der Waals surface area contributed by atoms with Gasteiger partial charge in [0.2, 0.25) is 0 Å². The van der Waals surface area contributed by atoms with Crippen molar-refractivity contribution in [1.82, 2.24) is 19.3 Å². The Morgan fingerprint density at radius 2 is 1.88 bits per heavy atom. The van der Waals surface area contributed by atoms with E-state index in [9.17, 15) is 0 Å². The number of aromatic nitrogens is 4. The standard InChI is InChI=1S/C21H22N4O/c1-15-11-16(2)25(23-15)12-17(3)24-14-22-20(18-7-5-4-6-8-18)21(24)19-9-10-26-13-19/h4-11,13-14,17H,12H2,1-3H3/t17-/m1/s1. The summed E-state index contributed by atoms with van der Waals surface area (Å²) in [6.07, 6.45) is 5.39.